The Balaban J connectivity index is 2.22. The van der Waals surface area contributed by atoms with E-state index in [9.17, 15) is 14.4 Å². The second-order valence-electron chi connectivity index (χ2n) is 5.88. The Bertz CT molecular complexity index is 678. The van der Waals surface area contributed by atoms with Gasteiger partial charge >= 0.3 is 5.97 Å². The van der Waals surface area contributed by atoms with Gasteiger partial charge in [-0.3, -0.25) is 14.4 Å². The van der Waals surface area contributed by atoms with Gasteiger partial charge in [-0.15, -0.1) is 0 Å². The fraction of sp³-hybridized carbons (Fsp3) is 0.438. The largest absolute Gasteiger partial charge is 0.480 e. The summed E-state index contributed by atoms with van der Waals surface area (Å²) >= 11 is 12.1. The maximum absolute atomic E-state index is 12.7. The first-order chi connectivity index (χ1) is 11.2. The number of carboxylic acid groups (broad SMARTS) is 1. The van der Waals surface area contributed by atoms with Gasteiger partial charge in [0.15, 0.2) is 0 Å². The van der Waals surface area contributed by atoms with E-state index in [1.807, 2.05) is 0 Å². The number of benzene rings is 1. The van der Waals surface area contributed by atoms with Crippen molar-refractivity contribution in [1.82, 2.24) is 4.90 Å². The van der Waals surface area contributed by atoms with Crippen LogP contribution in [0.3, 0.4) is 0 Å². The fourth-order valence-corrected chi connectivity index (χ4v) is 3.09. The first-order valence-corrected chi connectivity index (χ1v) is 8.26. The SMILES string of the molecule is CC(C)N(CC(=O)O)C(=O)C1CCN(c2cc(Cl)ccc2Cl)C1=O. The molecule has 1 heterocycles. The van der Waals surface area contributed by atoms with Crippen molar-refractivity contribution >= 4 is 46.7 Å². The van der Waals surface area contributed by atoms with E-state index in [4.69, 9.17) is 28.3 Å². The number of anilines is 1. The molecule has 1 aliphatic rings. The Hall–Kier alpha value is -1.79. The normalized spacial score (nSPS) is 17.5. The highest BCUT2D eigenvalue weighted by Crippen LogP contribution is 2.34. The van der Waals surface area contributed by atoms with Gasteiger partial charge in [0.05, 0.1) is 10.7 Å². The van der Waals surface area contributed by atoms with Crippen molar-refractivity contribution in [3.05, 3.63) is 28.2 Å². The van der Waals surface area contributed by atoms with E-state index in [1.165, 1.54) is 9.80 Å². The van der Waals surface area contributed by atoms with Crippen LogP contribution in [-0.4, -0.2) is 46.9 Å². The predicted octanol–water partition coefficient (Wildman–Crippen LogP) is 2.67. The summed E-state index contributed by atoms with van der Waals surface area (Å²) in [6, 6.07) is 4.47. The summed E-state index contributed by atoms with van der Waals surface area (Å²) in [6.07, 6.45) is 0.309. The van der Waals surface area contributed by atoms with Crippen molar-refractivity contribution in [2.24, 2.45) is 5.92 Å². The molecule has 130 valence electrons. The van der Waals surface area contributed by atoms with Crippen molar-refractivity contribution in [2.45, 2.75) is 26.3 Å². The number of aliphatic carboxylic acids is 1. The van der Waals surface area contributed by atoms with Gasteiger partial charge in [-0.2, -0.15) is 0 Å². The van der Waals surface area contributed by atoms with Crippen LogP contribution in [0.1, 0.15) is 20.3 Å². The number of hydrogen-bond donors (Lipinski definition) is 1. The Kier molecular flexibility index (Phi) is 5.72. The molecule has 0 aliphatic carbocycles. The molecule has 2 amide bonds. The van der Waals surface area contributed by atoms with E-state index in [0.717, 1.165) is 0 Å². The average Bonchev–Trinajstić information content (AvgIpc) is 2.87. The van der Waals surface area contributed by atoms with Gasteiger partial charge in [0.1, 0.15) is 12.5 Å². The minimum absolute atomic E-state index is 0.309. The highest BCUT2D eigenvalue weighted by Gasteiger charge is 2.41. The molecule has 24 heavy (non-hydrogen) atoms. The van der Waals surface area contributed by atoms with Gasteiger partial charge in [-0.25, -0.2) is 0 Å². The molecular formula is C16H18Cl2N2O4. The van der Waals surface area contributed by atoms with Gasteiger partial charge in [0, 0.05) is 17.6 Å². The summed E-state index contributed by atoms with van der Waals surface area (Å²) in [4.78, 5) is 38.9. The third kappa shape index (κ3) is 3.82. The van der Waals surface area contributed by atoms with E-state index < -0.39 is 24.3 Å². The van der Waals surface area contributed by atoms with Crippen LogP contribution in [0.15, 0.2) is 18.2 Å². The lowest BCUT2D eigenvalue weighted by Gasteiger charge is -2.27. The molecular weight excluding hydrogens is 355 g/mol. The Morgan fingerprint density at radius 3 is 2.62 bits per heavy atom. The summed E-state index contributed by atoms with van der Waals surface area (Å²) < 4.78 is 0. The van der Waals surface area contributed by atoms with Crippen LogP contribution in [0, 0.1) is 5.92 Å². The number of carboxylic acids is 1. The van der Waals surface area contributed by atoms with Gasteiger partial charge in [0.2, 0.25) is 11.8 Å². The lowest BCUT2D eigenvalue weighted by atomic mass is 10.1. The number of carbonyl (C=O) groups is 3. The van der Waals surface area contributed by atoms with E-state index in [0.29, 0.717) is 28.7 Å². The number of halogens is 2. The highest BCUT2D eigenvalue weighted by molar-refractivity contribution is 6.36. The van der Waals surface area contributed by atoms with Crippen LogP contribution in [0.4, 0.5) is 5.69 Å². The van der Waals surface area contributed by atoms with Crippen LogP contribution < -0.4 is 4.90 Å². The monoisotopic (exact) mass is 372 g/mol. The van der Waals surface area contributed by atoms with Crippen LogP contribution in [0.25, 0.3) is 0 Å². The number of carbonyl (C=O) groups excluding carboxylic acids is 2. The highest BCUT2D eigenvalue weighted by atomic mass is 35.5. The lowest BCUT2D eigenvalue weighted by molar-refractivity contribution is -0.149. The van der Waals surface area contributed by atoms with Crippen LogP contribution in [0.5, 0.6) is 0 Å². The zero-order chi connectivity index (χ0) is 18.0. The summed E-state index contributed by atoms with van der Waals surface area (Å²) in [5.74, 6) is -2.88. The predicted molar refractivity (Wildman–Crippen MR) is 91.4 cm³/mol. The van der Waals surface area contributed by atoms with Crippen LogP contribution in [-0.2, 0) is 14.4 Å². The maximum atomic E-state index is 12.7. The molecule has 1 aliphatic heterocycles. The van der Waals surface area contributed by atoms with Gasteiger partial charge in [0.25, 0.3) is 0 Å². The topological polar surface area (TPSA) is 77.9 Å². The Morgan fingerprint density at radius 2 is 2.04 bits per heavy atom. The molecule has 0 radical (unpaired) electrons. The van der Waals surface area contributed by atoms with E-state index in [2.05, 4.69) is 0 Å². The molecule has 6 nitrogen and oxygen atoms in total. The number of rotatable bonds is 5. The molecule has 1 fully saturated rings. The Morgan fingerprint density at radius 1 is 1.38 bits per heavy atom. The van der Waals surface area contributed by atoms with Crippen molar-refractivity contribution in [3.63, 3.8) is 0 Å². The van der Waals surface area contributed by atoms with E-state index in [-0.39, 0.29) is 11.9 Å². The molecule has 1 aromatic carbocycles. The molecule has 1 saturated heterocycles. The summed E-state index contributed by atoms with van der Waals surface area (Å²) in [6.45, 7) is 3.32. The van der Waals surface area contributed by atoms with Crippen molar-refractivity contribution < 1.29 is 19.5 Å². The number of nitrogens with zero attached hydrogens (tertiary/aromatic N) is 2. The minimum atomic E-state index is -1.11. The summed E-state index contributed by atoms with van der Waals surface area (Å²) in [7, 11) is 0. The van der Waals surface area contributed by atoms with Gasteiger partial charge in [-0.05, 0) is 38.5 Å². The molecule has 0 spiro atoms. The molecule has 2 rings (SSSR count). The Labute approximate surface area is 149 Å². The average molecular weight is 373 g/mol. The molecule has 1 atom stereocenters. The molecule has 0 saturated carbocycles. The van der Waals surface area contributed by atoms with Crippen molar-refractivity contribution in [3.8, 4) is 0 Å². The fourth-order valence-electron chi connectivity index (χ4n) is 2.70. The number of amides is 2. The molecule has 1 unspecified atom stereocenters. The minimum Gasteiger partial charge on any atom is -0.480 e. The molecule has 0 aromatic heterocycles. The van der Waals surface area contributed by atoms with Crippen molar-refractivity contribution in [1.29, 1.82) is 0 Å². The molecule has 0 bridgehead atoms. The quantitative estimate of drug-likeness (QED) is 0.805. The molecule has 1 aromatic rings. The van der Waals surface area contributed by atoms with Crippen molar-refractivity contribution in [2.75, 3.05) is 18.0 Å². The third-order valence-corrected chi connectivity index (χ3v) is 4.47. The lowest BCUT2D eigenvalue weighted by Crippen LogP contribution is -2.46. The van der Waals surface area contributed by atoms with E-state index in [1.54, 1.807) is 32.0 Å². The maximum Gasteiger partial charge on any atom is 0.323 e. The zero-order valence-corrected chi connectivity index (χ0v) is 14.8. The van der Waals surface area contributed by atoms with Crippen LogP contribution in [0.2, 0.25) is 10.0 Å². The van der Waals surface area contributed by atoms with Gasteiger partial charge < -0.3 is 14.9 Å². The first kappa shape index (κ1) is 18.5. The number of hydrogen-bond acceptors (Lipinski definition) is 3. The summed E-state index contributed by atoms with van der Waals surface area (Å²) in [5.41, 5.74) is 0.457. The second kappa shape index (κ2) is 7.40. The summed E-state index contributed by atoms with van der Waals surface area (Å²) in [5, 5.41) is 9.77. The molecule has 1 N–H and O–H groups in total. The van der Waals surface area contributed by atoms with E-state index >= 15 is 0 Å². The standard InChI is InChI=1S/C16H18Cl2N2O4/c1-9(2)20(8-14(21)22)16(24)11-5-6-19(15(11)23)13-7-10(17)3-4-12(13)18/h3-4,7,9,11H,5-6,8H2,1-2H3,(H,21,22). The third-order valence-electron chi connectivity index (χ3n) is 3.91. The zero-order valence-electron chi connectivity index (χ0n) is 13.3. The molecule has 8 heteroatoms. The second-order valence-corrected chi connectivity index (χ2v) is 6.72. The van der Waals surface area contributed by atoms with Gasteiger partial charge in [-0.1, -0.05) is 23.2 Å². The smallest absolute Gasteiger partial charge is 0.323 e. The first-order valence-electron chi connectivity index (χ1n) is 7.51. The van der Waals surface area contributed by atoms with Crippen LogP contribution >= 0.6 is 23.2 Å².